The Morgan fingerprint density at radius 3 is 2.90 bits per heavy atom. The summed E-state index contributed by atoms with van der Waals surface area (Å²) in [5.74, 6) is -0.806. The summed E-state index contributed by atoms with van der Waals surface area (Å²) in [5.41, 5.74) is -0.444. The van der Waals surface area contributed by atoms with Gasteiger partial charge in [-0.2, -0.15) is 0 Å². The van der Waals surface area contributed by atoms with Crippen molar-refractivity contribution in [1.29, 1.82) is 0 Å². The largest absolute Gasteiger partial charge is 0.337 e. The maximum atomic E-state index is 13.9. The summed E-state index contributed by atoms with van der Waals surface area (Å²) in [7, 11) is 0. The third-order valence-electron chi connectivity index (χ3n) is 4.28. The van der Waals surface area contributed by atoms with E-state index in [1.54, 1.807) is 4.90 Å². The molecule has 3 rings (SSSR count). The molecule has 21 heavy (non-hydrogen) atoms. The highest BCUT2D eigenvalue weighted by molar-refractivity contribution is 5.95. The first-order chi connectivity index (χ1) is 10.1. The van der Waals surface area contributed by atoms with E-state index in [4.69, 9.17) is 0 Å². The van der Waals surface area contributed by atoms with Gasteiger partial charge in [-0.05, 0) is 31.4 Å². The van der Waals surface area contributed by atoms with Crippen molar-refractivity contribution in [2.24, 2.45) is 5.92 Å². The maximum Gasteiger partial charge on any atom is 0.272 e. The summed E-state index contributed by atoms with van der Waals surface area (Å²) in [6, 6.07) is 3.45. The standard InChI is InChI=1S/C14H16FN3O3/c15-12-6-10(18(20)21)3-4-11(12)14(19)17-7-9-2-1-5-16-13(9)8-17/h3-4,6,9,13,16H,1-2,5,7-8H2/t9-,13+/m0/s1. The SMILES string of the molecule is O=C(c1ccc([N+](=O)[O-])cc1F)N1C[C@@H]2CCCN[C@@H]2C1. The minimum Gasteiger partial charge on any atom is -0.337 e. The number of nitrogens with zero attached hydrogens (tertiary/aromatic N) is 2. The monoisotopic (exact) mass is 293 g/mol. The van der Waals surface area contributed by atoms with Crippen molar-refractivity contribution < 1.29 is 14.1 Å². The Kier molecular flexibility index (Phi) is 3.59. The minimum atomic E-state index is -0.836. The molecule has 2 saturated heterocycles. The molecule has 1 aromatic rings. The molecule has 6 nitrogen and oxygen atoms in total. The third-order valence-corrected chi connectivity index (χ3v) is 4.28. The number of halogens is 1. The molecule has 0 spiro atoms. The van der Waals surface area contributed by atoms with E-state index in [1.165, 1.54) is 6.07 Å². The van der Waals surface area contributed by atoms with Crippen LogP contribution in [0.5, 0.6) is 0 Å². The molecule has 2 aliphatic rings. The number of nitrogens with one attached hydrogen (secondary N) is 1. The lowest BCUT2D eigenvalue weighted by atomic mass is 9.94. The number of carbonyl (C=O) groups is 1. The Labute approximate surface area is 121 Å². The van der Waals surface area contributed by atoms with Crippen LogP contribution in [0.3, 0.4) is 0 Å². The van der Waals surface area contributed by atoms with Crippen LogP contribution in [0.4, 0.5) is 10.1 Å². The van der Waals surface area contributed by atoms with E-state index >= 15 is 0 Å². The summed E-state index contributed by atoms with van der Waals surface area (Å²) in [5, 5.41) is 14.0. The van der Waals surface area contributed by atoms with E-state index in [1.807, 2.05) is 0 Å². The summed E-state index contributed by atoms with van der Waals surface area (Å²) < 4.78 is 13.9. The van der Waals surface area contributed by atoms with Crippen LogP contribution in [-0.2, 0) is 0 Å². The molecule has 2 aliphatic heterocycles. The highest BCUT2D eigenvalue weighted by Gasteiger charge is 2.37. The van der Waals surface area contributed by atoms with Gasteiger partial charge in [0.1, 0.15) is 5.82 Å². The van der Waals surface area contributed by atoms with Crippen molar-refractivity contribution in [2.45, 2.75) is 18.9 Å². The Balaban J connectivity index is 1.78. The Morgan fingerprint density at radius 2 is 2.24 bits per heavy atom. The van der Waals surface area contributed by atoms with Crippen molar-refractivity contribution in [1.82, 2.24) is 10.2 Å². The van der Waals surface area contributed by atoms with Crippen molar-refractivity contribution in [3.8, 4) is 0 Å². The molecule has 0 bridgehead atoms. The number of amides is 1. The van der Waals surface area contributed by atoms with Crippen LogP contribution in [0.15, 0.2) is 18.2 Å². The fourth-order valence-electron chi connectivity index (χ4n) is 3.17. The molecular weight excluding hydrogens is 277 g/mol. The Morgan fingerprint density at radius 1 is 1.43 bits per heavy atom. The van der Waals surface area contributed by atoms with Crippen LogP contribution in [0.1, 0.15) is 23.2 Å². The number of non-ortho nitro benzene ring substituents is 1. The van der Waals surface area contributed by atoms with Gasteiger partial charge in [0.2, 0.25) is 0 Å². The van der Waals surface area contributed by atoms with Crippen molar-refractivity contribution in [3.63, 3.8) is 0 Å². The van der Waals surface area contributed by atoms with E-state index < -0.39 is 16.6 Å². The summed E-state index contributed by atoms with van der Waals surface area (Å²) >= 11 is 0. The molecule has 2 heterocycles. The van der Waals surface area contributed by atoms with Gasteiger partial charge in [0.05, 0.1) is 16.6 Å². The number of nitro groups is 1. The molecule has 7 heteroatoms. The van der Waals surface area contributed by atoms with E-state index in [0.29, 0.717) is 19.0 Å². The van der Waals surface area contributed by atoms with Crippen LogP contribution in [-0.4, -0.2) is 41.4 Å². The van der Waals surface area contributed by atoms with Gasteiger partial charge in [-0.15, -0.1) is 0 Å². The van der Waals surface area contributed by atoms with E-state index in [0.717, 1.165) is 31.5 Å². The number of rotatable bonds is 2. The molecule has 112 valence electrons. The minimum absolute atomic E-state index is 0.0979. The van der Waals surface area contributed by atoms with Crippen LogP contribution in [0.25, 0.3) is 0 Å². The second-order valence-electron chi connectivity index (χ2n) is 5.59. The van der Waals surface area contributed by atoms with E-state index in [-0.39, 0.29) is 17.3 Å². The lowest BCUT2D eigenvalue weighted by molar-refractivity contribution is -0.385. The number of fused-ring (bicyclic) bond motifs is 1. The quantitative estimate of drug-likeness (QED) is 0.663. The zero-order valence-corrected chi connectivity index (χ0v) is 11.4. The normalized spacial score (nSPS) is 24.7. The number of benzene rings is 1. The van der Waals surface area contributed by atoms with Gasteiger partial charge in [-0.3, -0.25) is 14.9 Å². The number of piperidine rings is 1. The van der Waals surface area contributed by atoms with Crippen LogP contribution in [0, 0.1) is 21.8 Å². The Bertz CT molecular complexity index is 579. The van der Waals surface area contributed by atoms with Gasteiger partial charge >= 0.3 is 0 Å². The first kappa shape index (κ1) is 13.9. The third kappa shape index (κ3) is 2.61. The van der Waals surface area contributed by atoms with Gasteiger partial charge in [-0.25, -0.2) is 4.39 Å². The summed E-state index contributed by atoms with van der Waals surface area (Å²) in [6.45, 7) is 2.14. The summed E-state index contributed by atoms with van der Waals surface area (Å²) in [6.07, 6.45) is 2.17. The summed E-state index contributed by atoms with van der Waals surface area (Å²) in [4.78, 5) is 23.9. The van der Waals surface area contributed by atoms with Gasteiger partial charge < -0.3 is 10.2 Å². The van der Waals surface area contributed by atoms with Gasteiger partial charge in [0.25, 0.3) is 11.6 Å². The first-order valence-electron chi connectivity index (χ1n) is 7.03. The number of nitro benzene ring substituents is 1. The number of carbonyl (C=O) groups excluding carboxylic acids is 1. The molecule has 0 radical (unpaired) electrons. The van der Waals surface area contributed by atoms with Gasteiger partial charge in [0, 0.05) is 25.2 Å². The number of likely N-dealkylation sites (tertiary alicyclic amines) is 1. The van der Waals surface area contributed by atoms with Crippen molar-refractivity contribution >= 4 is 11.6 Å². The van der Waals surface area contributed by atoms with E-state index in [9.17, 15) is 19.3 Å². The molecule has 0 aliphatic carbocycles. The second-order valence-corrected chi connectivity index (χ2v) is 5.59. The lowest BCUT2D eigenvalue weighted by Crippen LogP contribution is -2.41. The zero-order chi connectivity index (χ0) is 15.0. The molecule has 1 N–H and O–H groups in total. The fraction of sp³-hybridized carbons (Fsp3) is 0.500. The lowest BCUT2D eigenvalue weighted by Gasteiger charge is -2.24. The van der Waals surface area contributed by atoms with Crippen LogP contribution in [0.2, 0.25) is 0 Å². The predicted octanol–water partition coefficient (Wildman–Crippen LogP) is 1.56. The molecule has 0 aromatic heterocycles. The first-order valence-corrected chi connectivity index (χ1v) is 7.03. The highest BCUT2D eigenvalue weighted by atomic mass is 19.1. The zero-order valence-electron chi connectivity index (χ0n) is 11.4. The van der Waals surface area contributed by atoms with Crippen molar-refractivity contribution in [2.75, 3.05) is 19.6 Å². The average molecular weight is 293 g/mol. The number of hydrogen-bond donors (Lipinski definition) is 1. The fourth-order valence-corrected chi connectivity index (χ4v) is 3.17. The molecule has 0 saturated carbocycles. The predicted molar refractivity (Wildman–Crippen MR) is 73.5 cm³/mol. The molecule has 0 unspecified atom stereocenters. The van der Waals surface area contributed by atoms with Crippen LogP contribution < -0.4 is 5.32 Å². The number of hydrogen-bond acceptors (Lipinski definition) is 4. The molecule has 2 fully saturated rings. The van der Waals surface area contributed by atoms with E-state index in [2.05, 4.69) is 5.32 Å². The van der Waals surface area contributed by atoms with Crippen LogP contribution >= 0.6 is 0 Å². The Hall–Kier alpha value is -2.02. The highest BCUT2D eigenvalue weighted by Crippen LogP contribution is 2.27. The molecule has 1 amide bonds. The second kappa shape index (κ2) is 5.40. The molecule has 2 atom stereocenters. The molecule has 1 aromatic carbocycles. The average Bonchev–Trinajstić information content (AvgIpc) is 2.90. The van der Waals surface area contributed by atoms with Gasteiger partial charge in [0.15, 0.2) is 0 Å². The smallest absolute Gasteiger partial charge is 0.272 e. The van der Waals surface area contributed by atoms with Gasteiger partial charge in [-0.1, -0.05) is 0 Å². The molecular formula is C14H16FN3O3. The van der Waals surface area contributed by atoms with Crippen molar-refractivity contribution in [3.05, 3.63) is 39.7 Å². The topological polar surface area (TPSA) is 75.5 Å². The maximum absolute atomic E-state index is 13.9.